The molecule has 0 radical (unpaired) electrons. The third kappa shape index (κ3) is 2.06. The molecule has 1 amide bonds. The van der Waals surface area contributed by atoms with Crippen LogP contribution in [-0.4, -0.2) is 5.91 Å². The van der Waals surface area contributed by atoms with Gasteiger partial charge in [0.15, 0.2) is 0 Å². The van der Waals surface area contributed by atoms with Crippen LogP contribution in [0.4, 0.5) is 11.4 Å². The van der Waals surface area contributed by atoms with E-state index in [4.69, 9.17) is 0 Å². The number of halogens is 1. The van der Waals surface area contributed by atoms with Gasteiger partial charge in [0.1, 0.15) is 0 Å². The molecule has 0 unspecified atom stereocenters. The highest BCUT2D eigenvalue weighted by Crippen LogP contribution is 2.39. The largest absolute Gasteiger partial charge is 0.280 e. The fourth-order valence-electron chi connectivity index (χ4n) is 2.76. The molecule has 0 saturated heterocycles. The third-order valence-corrected chi connectivity index (χ3v) is 4.13. The van der Waals surface area contributed by atoms with Gasteiger partial charge in [0.05, 0.1) is 17.8 Å². The van der Waals surface area contributed by atoms with Gasteiger partial charge in [0.2, 0.25) is 5.91 Å². The van der Waals surface area contributed by atoms with Gasteiger partial charge < -0.3 is 0 Å². The predicted octanol–water partition coefficient (Wildman–Crippen LogP) is 4.13. The Hall–Kier alpha value is -1.36. The number of nitrogens with zero attached hydrogens (tertiary/aromatic N) is 1. The number of anilines is 2. The number of carbonyl (C=O) groups is 1. The topological polar surface area (TPSA) is 20.3 Å². The Kier molecular flexibility index (Phi) is 3.09. The molecule has 0 saturated carbocycles. The summed E-state index contributed by atoms with van der Waals surface area (Å²) in [5.41, 5.74) is 5.48. The summed E-state index contributed by atoms with van der Waals surface area (Å²) in [6.07, 6.45) is 0.501. The van der Waals surface area contributed by atoms with Gasteiger partial charge in [-0.05, 0) is 71.3 Å². The van der Waals surface area contributed by atoms with E-state index < -0.39 is 0 Å². The van der Waals surface area contributed by atoms with Gasteiger partial charge in [-0.2, -0.15) is 0 Å². The Morgan fingerprint density at radius 3 is 2.42 bits per heavy atom. The molecule has 2 nitrogen and oxygen atoms in total. The van der Waals surface area contributed by atoms with Gasteiger partial charge in [0.25, 0.3) is 0 Å². The molecule has 0 aliphatic carbocycles. The number of hydrogen-bond acceptors (Lipinski definition) is 1. The molecule has 19 heavy (non-hydrogen) atoms. The Bertz CT molecular complexity index is 655. The molecule has 0 aromatic heterocycles. The molecule has 96 valence electrons. The molecule has 0 atom stereocenters. The van der Waals surface area contributed by atoms with E-state index in [-0.39, 0.29) is 5.91 Å². The second-order valence-corrected chi connectivity index (χ2v) is 6.17. The molecule has 1 aliphatic rings. The highest BCUT2D eigenvalue weighted by Gasteiger charge is 2.30. The van der Waals surface area contributed by atoms with Crippen LogP contribution in [-0.2, 0) is 11.2 Å². The maximum atomic E-state index is 12.3. The lowest BCUT2D eigenvalue weighted by atomic mass is 10.1. The Morgan fingerprint density at radius 2 is 1.74 bits per heavy atom. The van der Waals surface area contributed by atoms with Crippen LogP contribution >= 0.6 is 22.6 Å². The second kappa shape index (κ2) is 4.63. The number of rotatable bonds is 1. The molecular formula is C16H14INO. The normalized spacial score (nSPS) is 13.8. The molecule has 2 aromatic rings. The maximum Gasteiger partial charge on any atom is 0.236 e. The first-order chi connectivity index (χ1) is 9.08. The minimum absolute atomic E-state index is 0.161. The molecule has 3 heteroatoms. The summed E-state index contributed by atoms with van der Waals surface area (Å²) in [6.45, 7) is 4.14. The van der Waals surface area contributed by atoms with E-state index in [0.717, 1.165) is 28.1 Å². The maximum absolute atomic E-state index is 12.3. The molecular weight excluding hydrogens is 349 g/mol. The summed E-state index contributed by atoms with van der Waals surface area (Å²) in [7, 11) is 0. The summed E-state index contributed by atoms with van der Waals surface area (Å²) >= 11 is 2.31. The molecule has 1 heterocycles. The van der Waals surface area contributed by atoms with Crippen LogP contribution in [0.2, 0.25) is 0 Å². The average Bonchev–Trinajstić information content (AvgIpc) is 2.65. The van der Waals surface area contributed by atoms with E-state index in [0.29, 0.717) is 6.42 Å². The number of benzene rings is 2. The Morgan fingerprint density at radius 1 is 1.11 bits per heavy atom. The lowest BCUT2D eigenvalue weighted by Crippen LogP contribution is -2.22. The van der Waals surface area contributed by atoms with Gasteiger partial charge >= 0.3 is 0 Å². The number of aryl methyl sites for hydroxylation is 2. The first kappa shape index (κ1) is 12.7. The van der Waals surface area contributed by atoms with Gasteiger partial charge in [-0.1, -0.05) is 18.2 Å². The summed E-state index contributed by atoms with van der Waals surface area (Å²) in [6, 6.07) is 12.3. The summed E-state index contributed by atoms with van der Waals surface area (Å²) in [4.78, 5) is 14.2. The number of hydrogen-bond donors (Lipinski definition) is 0. The van der Waals surface area contributed by atoms with E-state index >= 15 is 0 Å². The summed E-state index contributed by atoms with van der Waals surface area (Å²) in [5.74, 6) is 0.161. The molecule has 0 bridgehead atoms. The van der Waals surface area contributed by atoms with Crippen LogP contribution in [0.25, 0.3) is 0 Å². The minimum Gasteiger partial charge on any atom is -0.280 e. The highest BCUT2D eigenvalue weighted by molar-refractivity contribution is 14.1. The molecule has 0 N–H and O–H groups in total. The number of para-hydroxylation sites is 1. The molecule has 2 aromatic carbocycles. The first-order valence-electron chi connectivity index (χ1n) is 6.25. The lowest BCUT2D eigenvalue weighted by Gasteiger charge is -2.22. The van der Waals surface area contributed by atoms with Crippen molar-refractivity contribution in [3.8, 4) is 0 Å². The number of fused-ring (bicyclic) bond motifs is 1. The average molecular weight is 363 g/mol. The van der Waals surface area contributed by atoms with Crippen molar-refractivity contribution in [1.82, 2.24) is 0 Å². The van der Waals surface area contributed by atoms with Crippen LogP contribution in [0, 0.1) is 17.4 Å². The van der Waals surface area contributed by atoms with Gasteiger partial charge in [-0.25, -0.2) is 0 Å². The predicted molar refractivity (Wildman–Crippen MR) is 85.9 cm³/mol. The standard InChI is InChI=1S/C16H14INO/c1-10-7-13(17)8-11(2)16(10)18-14-6-4-3-5-12(14)9-15(18)19/h3-8H,9H2,1-2H3. The third-order valence-electron chi connectivity index (χ3n) is 3.50. The summed E-state index contributed by atoms with van der Waals surface area (Å²) in [5, 5.41) is 0. The van der Waals surface area contributed by atoms with Crippen molar-refractivity contribution in [2.24, 2.45) is 0 Å². The SMILES string of the molecule is Cc1cc(I)cc(C)c1N1C(=O)Cc2ccccc21. The first-order valence-corrected chi connectivity index (χ1v) is 7.33. The van der Waals surface area contributed by atoms with Crippen LogP contribution in [0.15, 0.2) is 36.4 Å². The van der Waals surface area contributed by atoms with Crippen LogP contribution in [0.3, 0.4) is 0 Å². The van der Waals surface area contributed by atoms with Crippen molar-refractivity contribution in [2.75, 3.05) is 4.90 Å². The number of amides is 1. The summed E-state index contributed by atoms with van der Waals surface area (Å²) < 4.78 is 1.20. The fourth-order valence-corrected chi connectivity index (χ4v) is 3.69. The Labute approximate surface area is 126 Å². The van der Waals surface area contributed by atoms with E-state index in [2.05, 4.69) is 48.6 Å². The van der Waals surface area contributed by atoms with E-state index in [1.807, 2.05) is 29.2 Å². The van der Waals surface area contributed by atoms with E-state index in [1.54, 1.807) is 0 Å². The smallest absolute Gasteiger partial charge is 0.236 e. The molecule has 3 rings (SSSR count). The monoisotopic (exact) mass is 363 g/mol. The molecule has 0 spiro atoms. The van der Waals surface area contributed by atoms with E-state index in [9.17, 15) is 4.79 Å². The minimum atomic E-state index is 0.161. The van der Waals surface area contributed by atoms with Crippen molar-refractivity contribution < 1.29 is 4.79 Å². The van der Waals surface area contributed by atoms with E-state index in [1.165, 1.54) is 3.57 Å². The van der Waals surface area contributed by atoms with Crippen LogP contribution < -0.4 is 4.90 Å². The van der Waals surface area contributed by atoms with Gasteiger partial charge in [-0.15, -0.1) is 0 Å². The molecule has 1 aliphatic heterocycles. The van der Waals surface area contributed by atoms with Gasteiger partial charge in [-0.3, -0.25) is 9.69 Å². The number of carbonyl (C=O) groups excluding carboxylic acids is 1. The van der Waals surface area contributed by atoms with Crippen LogP contribution in [0.1, 0.15) is 16.7 Å². The van der Waals surface area contributed by atoms with Crippen molar-refractivity contribution in [3.05, 3.63) is 56.7 Å². The van der Waals surface area contributed by atoms with Crippen molar-refractivity contribution >= 4 is 39.9 Å². The zero-order valence-electron chi connectivity index (χ0n) is 10.9. The second-order valence-electron chi connectivity index (χ2n) is 4.92. The lowest BCUT2D eigenvalue weighted by molar-refractivity contribution is -0.116. The zero-order valence-corrected chi connectivity index (χ0v) is 13.1. The van der Waals surface area contributed by atoms with Crippen molar-refractivity contribution in [3.63, 3.8) is 0 Å². The molecule has 0 fully saturated rings. The van der Waals surface area contributed by atoms with Crippen molar-refractivity contribution in [2.45, 2.75) is 20.3 Å². The quantitative estimate of drug-likeness (QED) is 0.698. The highest BCUT2D eigenvalue weighted by atomic mass is 127. The van der Waals surface area contributed by atoms with Gasteiger partial charge in [0, 0.05) is 3.57 Å². The fraction of sp³-hybridized carbons (Fsp3) is 0.188. The van der Waals surface area contributed by atoms with Crippen molar-refractivity contribution in [1.29, 1.82) is 0 Å². The van der Waals surface area contributed by atoms with Crippen LogP contribution in [0.5, 0.6) is 0 Å². The Balaban J connectivity index is 2.21. The zero-order chi connectivity index (χ0) is 13.6.